The lowest BCUT2D eigenvalue weighted by molar-refractivity contribution is -0.114. The zero-order valence-electron chi connectivity index (χ0n) is 7.32. The zero-order chi connectivity index (χ0) is 7.83. The van der Waals surface area contributed by atoms with Crippen molar-refractivity contribution in [2.75, 3.05) is 13.2 Å². The largest absolute Gasteiger partial charge is 0.361 e. The van der Waals surface area contributed by atoms with Crippen LogP contribution in [0.2, 0.25) is 0 Å². The molecular formula is C8H17NO. The Balaban J connectivity index is 2.46. The van der Waals surface area contributed by atoms with E-state index in [0.717, 1.165) is 13.2 Å². The van der Waals surface area contributed by atoms with Gasteiger partial charge in [-0.05, 0) is 13.8 Å². The molecule has 0 spiro atoms. The summed E-state index contributed by atoms with van der Waals surface area (Å²) in [4.78, 5) is 0. The van der Waals surface area contributed by atoms with Gasteiger partial charge in [0.25, 0.3) is 0 Å². The van der Waals surface area contributed by atoms with Crippen molar-refractivity contribution in [2.45, 2.75) is 33.4 Å². The van der Waals surface area contributed by atoms with Crippen LogP contribution in [0.25, 0.3) is 0 Å². The Morgan fingerprint density at radius 3 is 2.10 bits per heavy atom. The van der Waals surface area contributed by atoms with E-state index in [-0.39, 0.29) is 5.72 Å². The highest BCUT2D eigenvalue weighted by molar-refractivity contribution is 4.81. The van der Waals surface area contributed by atoms with Gasteiger partial charge in [0, 0.05) is 12.0 Å². The molecule has 0 radical (unpaired) electrons. The van der Waals surface area contributed by atoms with Crippen LogP contribution in [0.15, 0.2) is 0 Å². The third-order valence-electron chi connectivity index (χ3n) is 1.82. The van der Waals surface area contributed by atoms with Crippen molar-refractivity contribution in [3.05, 3.63) is 0 Å². The fraction of sp³-hybridized carbons (Fsp3) is 1.00. The lowest BCUT2D eigenvalue weighted by Crippen LogP contribution is -2.53. The summed E-state index contributed by atoms with van der Waals surface area (Å²) in [6.07, 6.45) is 0. The minimum Gasteiger partial charge on any atom is -0.361 e. The van der Waals surface area contributed by atoms with Crippen LogP contribution in [-0.2, 0) is 4.74 Å². The molecule has 0 atom stereocenters. The van der Waals surface area contributed by atoms with Crippen LogP contribution in [0.5, 0.6) is 0 Å². The van der Waals surface area contributed by atoms with E-state index in [9.17, 15) is 0 Å². The van der Waals surface area contributed by atoms with Gasteiger partial charge in [-0.2, -0.15) is 0 Å². The maximum atomic E-state index is 5.57. The van der Waals surface area contributed by atoms with Gasteiger partial charge in [0.15, 0.2) is 0 Å². The maximum absolute atomic E-state index is 5.57. The Labute approximate surface area is 63.0 Å². The average Bonchev–Trinajstić information content (AvgIpc) is 1.79. The SMILES string of the molecule is CC1(C)CNC(C)(C)OC1. The summed E-state index contributed by atoms with van der Waals surface area (Å²) in [6, 6.07) is 0. The number of hydrogen-bond acceptors (Lipinski definition) is 2. The van der Waals surface area contributed by atoms with Crippen molar-refractivity contribution in [2.24, 2.45) is 5.41 Å². The molecule has 0 aliphatic carbocycles. The second kappa shape index (κ2) is 2.21. The van der Waals surface area contributed by atoms with Gasteiger partial charge >= 0.3 is 0 Å². The molecule has 10 heavy (non-hydrogen) atoms. The number of rotatable bonds is 0. The summed E-state index contributed by atoms with van der Waals surface area (Å²) in [5.41, 5.74) is 0.186. The van der Waals surface area contributed by atoms with Gasteiger partial charge in [-0.1, -0.05) is 13.8 Å². The number of ether oxygens (including phenoxy) is 1. The van der Waals surface area contributed by atoms with Crippen molar-refractivity contribution >= 4 is 0 Å². The molecule has 1 aliphatic rings. The van der Waals surface area contributed by atoms with Crippen molar-refractivity contribution in [3.63, 3.8) is 0 Å². The topological polar surface area (TPSA) is 21.3 Å². The van der Waals surface area contributed by atoms with Crippen LogP contribution in [0.4, 0.5) is 0 Å². The number of nitrogens with one attached hydrogen (secondary N) is 1. The molecule has 1 saturated heterocycles. The number of hydrogen-bond donors (Lipinski definition) is 1. The van der Waals surface area contributed by atoms with Gasteiger partial charge in [0.1, 0.15) is 5.72 Å². The molecular weight excluding hydrogens is 126 g/mol. The van der Waals surface area contributed by atoms with Crippen molar-refractivity contribution in [3.8, 4) is 0 Å². The van der Waals surface area contributed by atoms with Gasteiger partial charge in [0.2, 0.25) is 0 Å². The van der Waals surface area contributed by atoms with E-state index in [0.29, 0.717) is 5.41 Å². The first kappa shape index (κ1) is 8.02. The molecule has 1 fully saturated rings. The fourth-order valence-corrected chi connectivity index (χ4v) is 0.930. The van der Waals surface area contributed by atoms with Gasteiger partial charge < -0.3 is 4.74 Å². The van der Waals surface area contributed by atoms with E-state index < -0.39 is 0 Å². The third kappa shape index (κ3) is 1.96. The van der Waals surface area contributed by atoms with E-state index in [1.807, 2.05) is 0 Å². The lowest BCUT2D eigenvalue weighted by Gasteiger charge is -2.40. The van der Waals surface area contributed by atoms with E-state index in [4.69, 9.17) is 4.74 Å². The second-order valence-corrected chi connectivity index (χ2v) is 4.32. The first-order chi connectivity index (χ1) is 4.41. The molecule has 0 amide bonds. The van der Waals surface area contributed by atoms with Gasteiger partial charge in [0.05, 0.1) is 6.61 Å². The van der Waals surface area contributed by atoms with E-state index in [1.54, 1.807) is 0 Å². The quantitative estimate of drug-likeness (QED) is 0.553. The zero-order valence-corrected chi connectivity index (χ0v) is 7.32. The minimum atomic E-state index is -0.116. The van der Waals surface area contributed by atoms with Gasteiger partial charge in [-0.15, -0.1) is 0 Å². The van der Waals surface area contributed by atoms with Crippen LogP contribution in [-0.4, -0.2) is 18.9 Å². The summed E-state index contributed by atoms with van der Waals surface area (Å²) in [5.74, 6) is 0. The highest BCUT2D eigenvalue weighted by Crippen LogP contribution is 2.23. The minimum absolute atomic E-state index is 0.116. The second-order valence-electron chi connectivity index (χ2n) is 4.32. The maximum Gasteiger partial charge on any atom is 0.113 e. The van der Waals surface area contributed by atoms with Crippen LogP contribution < -0.4 is 5.32 Å². The van der Waals surface area contributed by atoms with Crippen molar-refractivity contribution in [1.82, 2.24) is 5.32 Å². The normalized spacial score (nSPS) is 30.0. The molecule has 0 bridgehead atoms. The molecule has 1 rings (SSSR count). The smallest absolute Gasteiger partial charge is 0.113 e. The van der Waals surface area contributed by atoms with Crippen LogP contribution in [0, 0.1) is 5.41 Å². The Morgan fingerprint density at radius 2 is 1.80 bits per heavy atom. The Morgan fingerprint density at radius 1 is 1.20 bits per heavy atom. The van der Waals surface area contributed by atoms with Crippen LogP contribution >= 0.6 is 0 Å². The highest BCUT2D eigenvalue weighted by atomic mass is 16.5. The molecule has 1 N–H and O–H groups in total. The molecule has 0 aromatic rings. The fourth-order valence-electron chi connectivity index (χ4n) is 0.930. The molecule has 1 aliphatic heterocycles. The molecule has 2 nitrogen and oxygen atoms in total. The lowest BCUT2D eigenvalue weighted by atomic mass is 9.92. The van der Waals surface area contributed by atoms with Gasteiger partial charge in [-0.25, -0.2) is 0 Å². The monoisotopic (exact) mass is 143 g/mol. The Hall–Kier alpha value is -0.0800. The highest BCUT2D eigenvalue weighted by Gasteiger charge is 2.31. The molecule has 0 unspecified atom stereocenters. The predicted molar refractivity (Wildman–Crippen MR) is 41.8 cm³/mol. The van der Waals surface area contributed by atoms with E-state index in [1.165, 1.54) is 0 Å². The summed E-state index contributed by atoms with van der Waals surface area (Å²) < 4.78 is 5.57. The average molecular weight is 143 g/mol. The van der Waals surface area contributed by atoms with Gasteiger partial charge in [-0.3, -0.25) is 5.32 Å². The molecule has 2 heteroatoms. The first-order valence-corrected chi connectivity index (χ1v) is 3.80. The van der Waals surface area contributed by atoms with Crippen LogP contribution in [0.1, 0.15) is 27.7 Å². The molecule has 0 aromatic heterocycles. The van der Waals surface area contributed by atoms with E-state index in [2.05, 4.69) is 33.0 Å². The first-order valence-electron chi connectivity index (χ1n) is 3.80. The summed E-state index contributed by atoms with van der Waals surface area (Å²) in [5, 5.41) is 3.33. The summed E-state index contributed by atoms with van der Waals surface area (Å²) in [6.45, 7) is 10.4. The third-order valence-corrected chi connectivity index (χ3v) is 1.82. The molecule has 0 aromatic carbocycles. The van der Waals surface area contributed by atoms with Crippen molar-refractivity contribution < 1.29 is 4.74 Å². The standard InChI is InChI=1S/C8H17NO/c1-7(2)5-9-8(3,4)10-6-7/h9H,5-6H2,1-4H3. The predicted octanol–water partition coefficient (Wildman–Crippen LogP) is 1.37. The summed E-state index contributed by atoms with van der Waals surface area (Å²) in [7, 11) is 0. The Kier molecular flexibility index (Phi) is 1.77. The van der Waals surface area contributed by atoms with E-state index >= 15 is 0 Å². The molecule has 1 heterocycles. The molecule has 0 saturated carbocycles. The Bertz CT molecular complexity index is 101. The molecule has 60 valence electrons. The summed E-state index contributed by atoms with van der Waals surface area (Å²) >= 11 is 0. The van der Waals surface area contributed by atoms with Crippen LogP contribution in [0.3, 0.4) is 0 Å². The van der Waals surface area contributed by atoms with Crippen molar-refractivity contribution in [1.29, 1.82) is 0 Å².